The number of rotatable bonds is 4. The van der Waals surface area contributed by atoms with Gasteiger partial charge in [0.2, 0.25) is 10.0 Å². The highest BCUT2D eigenvalue weighted by atomic mass is 32.2. The summed E-state index contributed by atoms with van der Waals surface area (Å²) in [5.41, 5.74) is 0.475. The molecule has 0 aliphatic carbocycles. The van der Waals surface area contributed by atoms with E-state index in [4.69, 9.17) is 5.11 Å². The lowest BCUT2D eigenvalue weighted by atomic mass is 10.4. The zero-order valence-corrected chi connectivity index (χ0v) is 8.80. The molecule has 0 fully saturated rings. The molecule has 1 rings (SSSR count). The molecule has 1 heterocycles. The fourth-order valence-electron chi connectivity index (χ4n) is 0.919. The third-order valence-corrected chi connectivity index (χ3v) is 3.18. The summed E-state index contributed by atoms with van der Waals surface area (Å²) in [5, 5.41) is 15.1. The molecule has 0 radical (unpaired) electrons. The molecule has 0 bridgehead atoms. The standard InChI is InChI=1S/C7H13N3O3S/c1-5(11)3-9-14(12,13)7-4-8-10-6(7)2/h4-5,9,11H,3H2,1-2H3,(H,8,10). The zero-order chi connectivity index (χ0) is 10.8. The Morgan fingerprint density at radius 1 is 1.71 bits per heavy atom. The van der Waals surface area contributed by atoms with E-state index in [2.05, 4.69) is 14.9 Å². The monoisotopic (exact) mass is 219 g/mol. The third kappa shape index (κ3) is 2.53. The van der Waals surface area contributed by atoms with Gasteiger partial charge in [-0.2, -0.15) is 5.10 Å². The molecule has 6 nitrogen and oxygen atoms in total. The molecule has 0 aliphatic rings. The average Bonchev–Trinajstić information content (AvgIpc) is 2.48. The van der Waals surface area contributed by atoms with Crippen molar-refractivity contribution in [1.82, 2.24) is 14.9 Å². The van der Waals surface area contributed by atoms with Crippen LogP contribution in [0.2, 0.25) is 0 Å². The van der Waals surface area contributed by atoms with Gasteiger partial charge in [-0.3, -0.25) is 5.10 Å². The van der Waals surface area contributed by atoms with Crippen LogP contribution in [0.3, 0.4) is 0 Å². The molecule has 1 unspecified atom stereocenters. The Morgan fingerprint density at radius 3 is 2.79 bits per heavy atom. The molecule has 1 aromatic heterocycles. The first kappa shape index (κ1) is 11.2. The maximum Gasteiger partial charge on any atom is 0.244 e. The summed E-state index contributed by atoms with van der Waals surface area (Å²) < 4.78 is 25.3. The number of aromatic amines is 1. The molecule has 7 heteroatoms. The zero-order valence-electron chi connectivity index (χ0n) is 7.98. The van der Waals surface area contributed by atoms with Crippen molar-refractivity contribution in [1.29, 1.82) is 0 Å². The van der Waals surface area contributed by atoms with E-state index in [0.717, 1.165) is 0 Å². The predicted molar refractivity (Wildman–Crippen MR) is 50.2 cm³/mol. The topological polar surface area (TPSA) is 95.1 Å². The lowest BCUT2D eigenvalue weighted by Crippen LogP contribution is -2.30. The summed E-state index contributed by atoms with van der Waals surface area (Å²) in [6.07, 6.45) is 0.525. The van der Waals surface area contributed by atoms with Crippen LogP contribution in [0.25, 0.3) is 0 Å². The van der Waals surface area contributed by atoms with E-state index in [1.807, 2.05) is 0 Å². The fraction of sp³-hybridized carbons (Fsp3) is 0.571. The van der Waals surface area contributed by atoms with Gasteiger partial charge in [0.05, 0.1) is 18.0 Å². The van der Waals surface area contributed by atoms with Crippen molar-refractivity contribution in [3.05, 3.63) is 11.9 Å². The molecular formula is C7H13N3O3S. The van der Waals surface area contributed by atoms with Crippen molar-refractivity contribution < 1.29 is 13.5 Å². The van der Waals surface area contributed by atoms with Gasteiger partial charge in [-0.1, -0.05) is 0 Å². The van der Waals surface area contributed by atoms with Crippen LogP contribution in [0.1, 0.15) is 12.6 Å². The van der Waals surface area contributed by atoms with Gasteiger partial charge >= 0.3 is 0 Å². The molecule has 1 aromatic rings. The van der Waals surface area contributed by atoms with Crippen molar-refractivity contribution in [2.24, 2.45) is 0 Å². The number of hydrogen-bond donors (Lipinski definition) is 3. The van der Waals surface area contributed by atoms with Crippen LogP contribution >= 0.6 is 0 Å². The summed E-state index contributed by atoms with van der Waals surface area (Å²) in [7, 11) is -3.55. The highest BCUT2D eigenvalue weighted by Gasteiger charge is 2.18. The average molecular weight is 219 g/mol. The second-order valence-electron chi connectivity index (χ2n) is 3.06. The first-order valence-corrected chi connectivity index (χ1v) is 5.59. The number of hydrogen-bond acceptors (Lipinski definition) is 4. The molecule has 3 N–H and O–H groups in total. The van der Waals surface area contributed by atoms with Crippen LogP contribution in [0.4, 0.5) is 0 Å². The highest BCUT2D eigenvalue weighted by molar-refractivity contribution is 7.89. The van der Waals surface area contributed by atoms with Gasteiger partial charge in [0, 0.05) is 6.54 Å². The largest absolute Gasteiger partial charge is 0.392 e. The number of aryl methyl sites for hydroxylation is 1. The van der Waals surface area contributed by atoms with Crippen LogP contribution in [-0.2, 0) is 10.0 Å². The van der Waals surface area contributed by atoms with E-state index in [0.29, 0.717) is 5.69 Å². The number of nitrogens with zero attached hydrogens (tertiary/aromatic N) is 1. The summed E-state index contributed by atoms with van der Waals surface area (Å²) >= 11 is 0. The van der Waals surface area contributed by atoms with Crippen LogP contribution in [0, 0.1) is 6.92 Å². The minimum absolute atomic E-state index is 0.00699. The Bertz CT molecular complexity index is 396. The van der Waals surface area contributed by atoms with Gasteiger partial charge in [-0.25, -0.2) is 13.1 Å². The second kappa shape index (κ2) is 4.07. The first-order valence-electron chi connectivity index (χ1n) is 4.11. The van der Waals surface area contributed by atoms with E-state index in [-0.39, 0.29) is 11.4 Å². The molecule has 0 aliphatic heterocycles. The number of H-pyrrole nitrogens is 1. The van der Waals surface area contributed by atoms with Gasteiger partial charge in [0.25, 0.3) is 0 Å². The first-order chi connectivity index (χ1) is 6.43. The molecule has 14 heavy (non-hydrogen) atoms. The minimum Gasteiger partial charge on any atom is -0.392 e. The third-order valence-electron chi connectivity index (χ3n) is 1.64. The number of aliphatic hydroxyl groups is 1. The smallest absolute Gasteiger partial charge is 0.244 e. The van der Waals surface area contributed by atoms with Gasteiger partial charge < -0.3 is 5.11 Å². The Kier molecular flexibility index (Phi) is 3.25. The maximum absolute atomic E-state index is 11.5. The molecule has 80 valence electrons. The molecule has 0 amide bonds. The Balaban J connectivity index is 2.82. The van der Waals surface area contributed by atoms with E-state index in [1.54, 1.807) is 6.92 Å². The predicted octanol–water partition coefficient (Wildman–Crippen LogP) is -0.623. The molecule has 0 saturated carbocycles. The van der Waals surface area contributed by atoms with E-state index in [9.17, 15) is 8.42 Å². The van der Waals surface area contributed by atoms with Crippen molar-refractivity contribution in [3.63, 3.8) is 0 Å². The SMILES string of the molecule is Cc1[nH]ncc1S(=O)(=O)NCC(C)O. The van der Waals surface area contributed by atoms with Crippen LogP contribution in [0.15, 0.2) is 11.1 Å². The number of aromatic nitrogens is 2. The van der Waals surface area contributed by atoms with Crippen molar-refractivity contribution in [2.45, 2.75) is 24.8 Å². The lowest BCUT2D eigenvalue weighted by Gasteiger charge is -2.06. The Labute approximate surface area is 82.4 Å². The van der Waals surface area contributed by atoms with Crippen LogP contribution in [-0.4, -0.2) is 36.4 Å². The van der Waals surface area contributed by atoms with Gasteiger partial charge in [0.15, 0.2) is 0 Å². The number of sulfonamides is 1. The summed E-state index contributed by atoms with van der Waals surface area (Å²) in [5.74, 6) is 0. The van der Waals surface area contributed by atoms with Crippen molar-refractivity contribution in [2.75, 3.05) is 6.54 Å². The Hall–Kier alpha value is -0.920. The molecule has 1 atom stereocenters. The van der Waals surface area contributed by atoms with Crippen molar-refractivity contribution >= 4 is 10.0 Å². The van der Waals surface area contributed by atoms with E-state index in [1.165, 1.54) is 13.1 Å². The summed E-state index contributed by atoms with van der Waals surface area (Å²) in [6, 6.07) is 0. The van der Waals surface area contributed by atoms with Crippen LogP contribution in [0.5, 0.6) is 0 Å². The molecule has 0 aromatic carbocycles. The molecule has 0 spiro atoms. The van der Waals surface area contributed by atoms with Gasteiger partial charge in [-0.05, 0) is 13.8 Å². The minimum atomic E-state index is -3.55. The Morgan fingerprint density at radius 2 is 2.36 bits per heavy atom. The highest BCUT2D eigenvalue weighted by Crippen LogP contribution is 2.10. The summed E-state index contributed by atoms with van der Waals surface area (Å²) in [4.78, 5) is 0.109. The number of aliphatic hydroxyl groups excluding tert-OH is 1. The molecular weight excluding hydrogens is 206 g/mol. The fourth-order valence-corrected chi connectivity index (χ4v) is 2.17. The van der Waals surface area contributed by atoms with Gasteiger partial charge in [-0.15, -0.1) is 0 Å². The second-order valence-corrected chi connectivity index (χ2v) is 4.80. The van der Waals surface area contributed by atoms with E-state index < -0.39 is 16.1 Å². The van der Waals surface area contributed by atoms with Crippen molar-refractivity contribution in [3.8, 4) is 0 Å². The quantitative estimate of drug-likeness (QED) is 0.628. The lowest BCUT2D eigenvalue weighted by molar-refractivity contribution is 0.198. The summed E-state index contributed by atoms with van der Waals surface area (Å²) in [6.45, 7) is 3.11. The normalized spacial score (nSPS) is 14.2. The number of nitrogens with one attached hydrogen (secondary N) is 2. The van der Waals surface area contributed by atoms with Gasteiger partial charge in [0.1, 0.15) is 4.90 Å². The maximum atomic E-state index is 11.5. The van der Waals surface area contributed by atoms with E-state index >= 15 is 0 Å². The molecule has 0 saturated heterocycles. The van der Waals surface area contributed by atoms with Crippen LogP contribution < -0.4 is 4.72 Å².